The average molecular weight is 1780 g/mol. The van der Waals surface area contributed by atoms with E-state index in [9.17, 15) is 0 Å². The molecule has 9 aromatic rings. The average Bonchev–Trinajstić information content (AvgIpc) is 0.758. The number of ether oxygens (including phenoxy) is 9. The molecular formula is C105H150N9O9P3. The molecule has 0 aliphatic rings. The minimum atomic E-state index is -2.50. The summed E-state index contributed by atoms with van der Waals surface area (Å²) in [4.78, 5) is 0. The summed E-state index contributed by atoms with van der Waals surface area (Å²) in [7, 11) is 7.72. The summed E-state index contributed by atoms with van der Waals surface area (Å²) in [6.45, 7) is 61.6. The minimum absolute atomic E-state index is 0.0267. The normalized spacial score (nSPS) is 13.5. The minimum Gasteiger partial charge on any atom is -0.497 e. The number of nitrogens with zero attached hydrogens (tertiary/aromatic N) is 3. The first-order chi connectivity index (χ1) is 59.2. The Bertz CT molecular complexity index is 4200. The van der Waals surface area contributed by atoms with Crippen molar-refractivity contribution in [2.45, 2.75) is 182 Å². The van der Waals surface area contributed by atoms with Crippen molar-refractivity contribution >= 4 is 68.9 Å². The lowest BCUT2D eigenvalue weighted by Gasteiger charge is -2.36. The van der Waals surface area contributed by atoms with Crippen LogP contribution in [0.2, 0.25) is 0 Å². The second kappa shape index (κ2) is 45.0. The maximum atomic E-state index is 5.74. The molecule has 0 saturated heterocycles. The van der Waals surface area contributed by atoms with Gasteiger partial charge in [0.2, 0.25) is 0 Å². The van der Waals surface area contributed by atoms with Crippen LogP contribution in [0.4, 0.5) is 0 Å². The van der Waals surface area contributed by atoms with Crippen molar-refractivity contribution in [3.63, 3.8) is 0 Å². The van der Waals surface area contributed by atoms with E-state index in [4.69, 9.17) is 56.9 Å². The van der Waals surface area contributed by atoms with Crippen molar-refractivity contribution in [1.29, 1.82) is 0 Å². The molecule has 126 heavy (non-hydrogen) atoms. The van der Waals surface area contributed by atoms with Gasteiger partial charge in [0.15, 0.2) is 0 Å². The van der Waals surface area contributed by atoms with E-state index in [0.717, 1.165) is 117 Å². The van der Waals surface area contributed by atoms with Gasteiger partial charge < -0.3 is 74.5 Å². The standard InChI is InChI=1S/3C35H50N3O3P/c3*1-25(34(3,4)5)37-26(2)38-33(35(6,7)8)24-36-42(30-18-12-27(39-9)13-19-30,31-20-14-28(40-10)15-21-31)32-22-16-29(41-11)17-23-32/h3*12-23,25,33,37-38H,2,24H2,1,3-11H3/t25-,33+;2*25-,33-/m110/s1. The molecule has 0 bridgehead atoms. The molecule has 0 saturated carbocycles. The molecule has 21 heteroatoms. The summed E-state index contributed by atoms with van der Waals surface area (Å²) in [5.41, 5.74) is 0.0371. The molecule has 684 valence electrons. The number of benzene rings is 9. The van der Waals surface area contributed by atoms with Crippen molar-refractivity contribution in [2.24, 2.45) is 46.7 Å². The topological polar surface area (TPSA) is 192 Å². The number of nitrogens with one attached hydrogen (secondary N) is 6. The van der Waals surface area contributed by atoms with E-state index in [1.54, 1.807) is 64.0 Å². The number of rotatable bonds is 36. The maximum Gasteiger partial charge on any atom is 0.118 e. The molecule has 0 heterocycles. The van der Waals surface area contributed by atoms with Gasteiger partial charge in [-0.2, -0.15) is 0 Å². The molecule has 9 rings (SSSR count). The third-order valence-corrected chi connectivity index (χ3v) is 34.9. The third kappa shape index (κ3) is 27.5. The molecule has 0 fully saturated rings. The van der Waals surface area contributed by atoms with E-state index < -0.39 is 21.2 Å². The van der Waals surface area contributed by atoms with Gasteiger partial charge in [-0.25, -0.2) is 0 Å². The van der Waals surface area contributed by atoms with Gasteiger partial charge in [-0.05, 0) is 272 Å². The number of methoxy groups -OCH3 is 9. The summed E-state index contributed by atoms with van der Waals surface area (Å²) >= 11 is 0. The molecule has 0 radical (unpaired) electrons. The van der Waals surface area contributed by atoms with Crippen molar-refractivity contribution in [1.82, 2.24) is 31.9 Å². The second-order valence-corrected chi connectivity index (χ2v) is 47.8. The largest absolute Gasteiger partial charge is 0.497 e. The highest BCUT2D eigenvalue weighted by Crippen LogP contribution is 2.51. The second-order valence-electron chi connectivity index (χ2n) is 38.5. The summed E-state index contributed by atoms with van der Waals surface area (Å²) in [6.07, 6.45) is 0. The number of hydrogen-bond donors (Lipinski definition) is 6. The van der Waals surface area contributed by atoms with Crippen molar-refractivity contribution in [3.8, 4) is 51.7 Å². The Morgan fingerprint density at radius 3 is 0.437 bits per heavy atom. The van der Waals surface area contributed by atoms with Crippen molar-refractivity contribution in [2.75, 3.05) is 83.6 Å². The fourth-order valence-electron chi connectivity index (χ4n) is 13.7. The van der Waals surface area contributed by atoms with Crippen LogP contribution in [0.25, 0.3) is 0 Å². The summed E-state index contributed by atoms with van der Waals surface area (Å²) in [5.74, 6) is 9.74. The van der Waals surface area contributed by atoms with E-state index in [2.05, 4.69) is 306 Å². The molecular weight excluding hydrogens is 1620 g/mol. The van der Waals surface area contributed by atoms with Crippen LogP contribution >= 0.6 is 21.2 Å². The predicted molar refractivity (Wildman–Crippen MR) is 539 cm³/mol. The van der Waals surface area contributed by atoms with Gasteiger partial charge in [-0.3, -0.25) is 14.2 Å². The van der Waals surface area contributed by atoms with Gasteiger partial charge in [0.05, 0.1) is 140 Å². The van der Waals surface area contributed by atoms with Gasteiger partial charge in [0.25, 0.3) is 0 Å². The zero-order chi connectivity index (χ0) is 93.4. The van der Waals surface area contributed by atoms with Gasteiger partial charge in [0.1, 0.15) is 51.7 Å². The van der Waals surface area contributed by atoms with E-state index in [1.165, 1.54) is 0 Å². The molecule has 6 atom stereocenters. The summed E-state index contributed by atoms with van der Waals surface area (Å²) in [6, 6.07) is 75.9. The Hall–Kier alpha value is -10.1. The molecule has 0 aliphatic heterocycles. The zero-order valence-corrected chi connectivity index (χ0v) is 84.0. The lowest BCUT2D eigenvalue weighted by atomic mass is 9.86. The molecule has 0 aromatic heterocycles. The Labute approximate surface area is 758 Å². The Morgan fingerprint density at radius 1 is 0.222 bits per heavy atom. The fraction of sp³-hybridized carbons (Fsp3) is 0.429. The van der Waals surface area contributed by atoms with Crippen LogP contribution < -0.4 is 122 Å². The fourth-order valence-corrected chi connectivity index (χ4v) is 24.3. The lowest BCUT2D eigenvalue weighted by Crippen LogP contribution is -2.48. The lowest BCUT2D eigenvalue weighted by molar-refractivity contribution is 0.264. The molecule has 18 nitrogen and oxygen atoms in total. The van der Waals surface area contributed by atoms with E-state index >= 15 is 0 Å². The van der Waals surface area contributed by atoms with Gasteiger partial charge in [-0.1, -0.05) is 144 Å². The molecule has 6 N–H and O–H groups in total. The summed E-state index contributed by atoms with van der Waals surface area (Å²) in [5, 5.41) is 32.1. The Morgan fingerprint density at radius 2 is 0.341 bits per heavy atom. The van der Waals surface area contributed by atoms with E-state index in [0.29, 0.717) is 19.6 Å². The van der Waals surface area contributed by atoms with Gasteiger partial charge >= 0.3 is 0 Å². The first-order valence-electron chi connectivity index (χ1n) is 43.4. The van der Waals surface area contributed by atoms with Gasteiger partial charge in [0, 0.05) is 65.9 Å². The predicted octanol–water partition coefficient (Wildman–Crippen LogP) is 20.1. The van der Waals surface area contributed by atoms with Crippen LogP contribution in [0.5, 0.6) is 51.7 Å². The van der Waals surface area contributed by atoms with Crippen LogP contribution in [0.1, 0.15) is 145 Å². The molecule has 0 spiro atoms. The SMILES string of the molecule is C=C(N[C@@H](C)C(C)(C)C)N[C@@H](CN=P(c1ccc(OC)cc1)(c1ccc(OC)cc1)c1ccc(OC)cc1)C(C)(C)C.C=C(N[C@@H](CN=P(c1ccc(OC)cc1)(c1ccc(OC)cc1)c1ccc(OC)cc1)C(C)(C)C)N[C@H](C)C(C)(C)C.C=C(N[C@H](C)C(C)(C)C)N[C@H](CN=P(c1ccc(OC)cc1)(c1ccc(OC)cc1)c1ccc(OC)cc1)C(C)(C)C. The smallest absolute Gasteiger partial charge is 0.118 e. The van der Waals surface area contributed by atoms with Crippen LogP contribution in [0.15, 0.2) is 270 Å². The van der Waals surface area contributed by atoms with Gasteiger partial charge in [-0.15, -0.1) is 0 Å². The van der Waals surface area contributed by atoms with Crippen LogP contribution in [-0.4, -0.2) is 120 Å². The molecule has 0 amide bonds. The maximum absolute atomic E-state index is 5.74. The van der Waals surface area contributed by atoms with E-state index in [-0.39, 0.29) is 68.7 Å². The van der Waals surface area contributed by atoms with Crippen molar-refractivity contribution in [3.05, 3.63) is 256 Å². The zero-order valence-electron chi connectivity index (χ0n) is 81.3. The summed E-state index contributed by atoms with van der Waals surface area (Å²) < 4.78 is 66.9. The first kappa shape index (κ1) is 103. The highest BCUT2D eigenvalue weighted by atomic mass is 31.2. The highest BCUT2D eigenvalue weighted by molar-refractivity contribution is 7.88. The molecule has 0 aliphatic carbocycles. The van der Waals surface area contributed by atoms with Crippen LogP contribution in [0.3, 0.4) is 0 Å². The van der Waals surface area contributed by atoms with Crippen LogP contribution in [0, 0.1) is 32.5 Å². The van der Waals surface area contributed by atoms with Crippen molar-refractivity contribution < 1.29 is 42.6 Å². The molecule has 9 aromatic carbocycles. The van der Waals surface area contributed by atoms with E-state index in [1.807, 2.05) is 109 Å². The monoisotopic (exact) mass is 1770 g/mol. The Balaban J connectivity index is 0.000000259. The quantitative estimate of drug-likeness (QED) is 0.0203. The molecule has 0 unspecified atom stereocenters. The third-order valence-electron chi connectivity index (χ3n) is 23.7. The Kier molecular flexibility index (Phi) is 36.8. The first-order valence-corrected chi connectivity index (χ1v) is 48.7. The highest BCUT2D eigenvalue weighted by Gasteiger charge is 2.37. The van der Waals surface area contributed by atoms with Crippen LogP contribution in [-0.2, 0) is 0 Å². The number of hydrogen-bond acceptors (Lipinski definition) is 18.